The van der Waals surface area contributed by atoms with Crippen LogP contribution in [0.3, 0.4) is 0 Å². The second-order valence-corrected chi connectivity index (χ2v) is 4.74. The van der Waals surface area contributed by atoms with Crippen LogP contribution >= 0.6 is 11.3 Å². The minimum Gasteiger partial charge on any atom is -0.313 e. The van der Waals surface area contributed by atoms with Crippen LogP contribution in [0.25, 0.3) is 0 Å². The maximum absolute atomic E-state index is 13.7. The molecule has 2 rings (SSSR count). The van der Waals surface area contributed by atoms with Gasteiger partial charge in [-0.1, -0.05) is 0 Å². The van der Waals surface area contributed by atoms with Crippen LogP contribution < -0.4 is 5.32 Å². The molecule has 0 saturated heterocycles. The molecule has 1 heterocycles. The molecule has 18 heavy (non-hydrogen) atoms. The minimum absolute atomic E-state index is 0.120. The SMILES string of the molecule is CNC(Cc1ccsc1)c1c(F)cc(F)cc1F. The van der Waals surface area contributed by atoms with E-state index in [0.29, 0.717) is 18.6 Å². The predicted molar refractivity (Wildman–Crippen MR) is 66.1 cm³/mol. The first-order valence-corrected chi connectivity index (χ1v) is 6.39. The summed E-state index contributed by atoms with van der Waals surface area (Å²) in [5.41, 5.74) is 0.868. The van der Waals surface area contributed by atoms with E-state index in [1.807, 2.05) is 16.8 Å². The molecule has 0 spiro atoms. The smallest absolute Gasteiger partial charge is 0.133 e. The van der Waals surface area contributed by atoms with Crippen LogP contribution in [0.4, 0.5) is 13.2 Å². The number of likely N-dealkylation sites (N-methyl/N-ethyl adjacent to an activating group) is 1. The fourth-order valence-corrected chi connectivity index (χ4v) is 2.56. The van der Waals surface area contributed by atoms with Gasteiger partial charge in [0.15, 0.2) is 0 Å². The summed E-state index contributed by atoms with van der Waals surface area (Å²) in [6.07, 6.45) is 0.458. The Hall–Kier alpha value is -1.33. The summed E-state index contributed by atoms with van der Waals surface area (Å²) in [6.45, 7) is 0. The third-order valence-electron chi connectivity index (χ3n) is 2.76. The Kier molecular flexibility index (Phi) is 4.04. The molecular weight excluding hydrogens is 259 g/mol. The first-order chi connectivity index (χ1) is 8.61. The lowest BCUT2D eigenvalue weighted by molar-refractivity contribution is 0.475. The first-order valence-electron chi connectivity index (χ1n) is 5.44. The summed E-state index contributed by atoms with van der Waals surface area (Å²) in [6, 6.07) is 2.79. The van der Waals surface area contributed by atoms with Gasteiger partial charge in [-0.05, 0) is 35.9 Å². The molecule has 0 radical (unpaired) electrons. The number of nitrogens with one attached hydrogen (secondary N) is 1. The van der Waals surface area contributed by atoms with Crippen molar-refractivity contribution in [2.24, 2.45) is 0 Å². The minimum atomic E-state index is -0.904. The zero-order chi connectivity index (χ0) is 13.1. The summed E-state index contributed by atoms with van der Waals surface area (Å²) in [5.74, 6) is -2.62. The number of rotatable bonds is 4. The highest BCUT2D eigenvalue weighted by molar-refractivity contribution is 7.07. The number of benzene rings is 1. The predicted octanol–water partition coefficient (Wildman–Crippen LogP) is 3.67. The monoisotopic (exact) mass is 271 g/mol. The van der Waals surface area contributed by atoms with E-state index in [9.17, 15) is 13.2 Å². The fraction of sp³-hybridized carbons (Fsp3) is 0.231. The third-order valence-corrected chi connectivity index (χ3v) is 3.49. The van der Waals surface area contributed by atoms with Gasteiger partial charge in [-0.15, -0.1) is 0 Å². The molecule has 1 N–H and O–H groups in total. The maximum atomic E-state index is 13.7. The van der Waals surface area contributed by atoms with E-state index in [1.54, 1.807) is 7.05 Å². The van der Waals surface area contributed by atoms with Gasteiger partial charge in [0.25, 0.3) is 0 Å². The zero-order valence-electron chi connectivity index (χ0n) is 9.71. The molecule has 96 valence electrons. The number of hydrogen-bond acceptors (Lipinski definition) is 2. The molecule has 5 heteroatoms. The third kappa shape index (κ3) is 2.73. The van der Waals surface area contributed by atoms with Crippen LogP contribution in [-0.4, -0.2) is 7.05 Å². The maximum Gasteiger partial charge on any atom is 0.133 e. The van der Waals surface area contributed by atoms with Crippen molar-refractivity contribution in [3.8, 4) is 0 Å². The molecule has 1 aromatic heterocycles. The van der Waals surface area contributed by atoms with Gasteiger partial charge in [-0.2, -0.15) is 11.3 Å². The molecule has 0 bridgehead atoms. The van der Waals surface area contributed by atoms with E-state index in [-0.39, 0.29) is 5.56 Å². The molecule has 2 aromatic rings. The largest absolute Gasteiger partial charge is 0.313 e. The first kappa shape index (κ1) is 13.1. The fourth-order valence-electron chi connectivity index (χ4n) is 1.88. The Labute approximate surface area is 107 Å². The van der Waals surface area contributed by atoms with Gasteiger partial charge in [0, 0.05) is 23.7 Å². The van der Waals surface area contributed by atoms with Crippen molar-refractivity contribution in [2.45, 2.75) is 12.5 Å². The molecule has 0 aliphatic carbocycles. The summed E-state index contributed by atoms with van der Waals surface area (Å²) >= 11 is 1.52. The highest BCUT2D eigenvalue weighted by Crippen LogP contribution is 2.25. The normalized spacial score (nSPS) is 12.7. The number of halogens is 3. The lowest BCUT2D eigenvalue weighted by atomic mass is 9.99. The molecule has 1 nitrogen and oxygen atoms in total. The van der Waals surface area contributed by atoms with E-state index in [1.165, 1.54) is 11.3 Å². The highest BCUT2D eigenvalue weighted by atomic mass is 32.1. The topological polar surface area (TPSA) is 12.0 Å². The van der Waals surface area contributed by atoms with E-state index >= 15 is 0 Å². The van der Waals surface area contributed by atoms with E-state index in [0.717, 1.165) is 5.56 Å². The van der Waals surface area contributed by atoms with Crippen LogP contribution in [0, 0.1) is 17.5 Å². The highest BCUT2D eigenvalue weighted by Gasteiger charge is 2.20. The van der Waals surface area contributed by atoms with E-state index in [2.05, 4.69) is 5.32 Å². The van der Waals surface area contributed by atoms with Crippen LogP contribution in [0.5, 0.6) is 0 Å². The molecule has 0 aliphatic rings. The Balaban J connectivity index is 2.33. The van der Waals surface area contributed by atoms with Crippen molar-refractivity contribution in [2.75, 3.05) is 7.05 Å². The zero-order valence-corrected chi connectivity index (χ0v) is 10.5. The average molecular weight is 271 g/mol. The van der Waals surface area contributed by atoms with Gasteiger partial charge in [-0.25, -0.2) is 13.2 Å². The van der Waals surface area contributed by atoms with Gasteiger partial charge in [0.1, 0.15) is 17.5 Å². The summed E-state index contributed by atoms with van der Waals surface area (Å²) < 4.78 is 40.2. The Bertz CT molecular complexity index is 502. The van der Waals surface area contributed by atoms with Crippen LogP contribution in [0.15, 0.2) is 29.0 Å². The molecule has 1 atom stereocenters. The summed E-state index contributed by atoms with van der Waals surface area (Å²) in [5, 5.41) is 6.68. The lowest BCUT2D eigenvalue weighted by Gasteiger charge is -2.17. The van der Waals surface area contributed by atoms with Gasteiger partial charge >= 0.3 is 0 Å². The van der Waals surface area contributed by atoms with Crippen molar-refractivity contribution in [3.05, 3.63) is 57.5 Å². The summed E-state index contributed by atoms with van der Waals surface area (Å²) in [4.78, 5) is 0. The lowest BCUT2D eigenvalue weighted by Crippen LogP contribution is -2.21. The number of hydrogen-bond donors (Lipinski definition) is 1. The number of thiophene rings is 1. The molecule has 0 saturated carbocycles. The van der Waals surface area contributed by atoms with Gasteiger partial charge in [-0.3, -0.25) is 0 Å². The van der Waals surface area contributed by atoms with Crippen LogP contribution in [-0.2, 0) is 6.42 Å². The van der Waals surface area contributed by atoms with Gasteiger partial charge in [0.05, 0.1) is 0 Å². The van der Waals surface area contributed by atoms with Crippen LogP contribution in [0.1, 0.15) is 17.2 Å². The van der Waals surface area contributed by atoms with Crippen molar-refractivity contribution in [1.29, 1.82) is 0 Å². The Morgan fingerprint density at radius 1 is 1.22 bits per heavy atom. The van der Waals surface area contributed by atoms with Crippen molar-refractivity contribution >= 4 is 11.3 Å². The standard InChI is InChI=1S/C13H12F3NS/c1-17-12(4-8-2-3-18-7-8)13-10(15)5-9(14)6-11(13)16/h2-3,5-7,12,17H,4H2,1H3. The second-order valence-electron chi connectivity index (χ2n) is 3.96. The molecule has 1 unspecified atom stereocenters. The molecule has 0 fully saturated rings. The second kappa shape index (κ2) is 5.54. The quantitative estimate of drug-likeness (QED) is 0.894. The van der Waals surface area contributed by atoms with E-state index < -0.39 is 23.5 Å². The van der Waals surface area contributed by atoms with Gasteiger partial charge in [0.2, 0.25) is 0 Å². The van der Waals surface area contributed by atoms with Crippen molar-refractivity contribution < 1.29 is 13.2 Å². The van der Waals surface area contributed by atoms with Crippen molar-refractivity contribution in [1.82, 2.24) is 5.32 Å². The molecule has 1 aromatic carbocycles. The molecule has 0 aliphatic heterocycles. The van der Waals surface area contributed by atoms with E-state index in [4.69, 9.17) is 0 Å². The van der Waals surface area contributed by atoms with Crippen LogP contribution in [0.2, 0.25) is 0 Å². The molecular formula is C13H12F3NS. The summed E-state index contributed by atoms with van der Waals surface area (Å²) in [7, 11) is 1.62. The van der Waals surface area contributed by atoms with Crippen molar-refractivity contribution in [3.63, 3.8) is 0 Å². The average Bonchev–Trinajstić information content (AvgIpc) is 2.79. The van der Waals surface area contributed by atoms with Gasteiger partial charge < -0.3 is 5.32 Å². The Morgan fingerprint density at radius 3 is 2.39 bits per heavy atom. The molecule has 0 amide bonds. The Morgan fingerprint density at radius 2 is 1.89 bits per heavy atom.